The molecule has 0 spiro atoms. The zero-order valence-corrected chi connectivity index (χ0v) is 17.8. The molecular formula is C22H35N5O2. The highest BCUT2D eigenvalue weighted by atomic mass is 16.5. The van der Waals surface area contributed by atoms with Crippen LogP contribution in [0.5, 0.6) is 0 Å². The number of morpholine rings is 2. The van der Waals surface area contributed by atoms with Gasteiger partial charge in [-0.15, -0.1) is 0 Å². The molecule has 3 aliphatic heterocycles. The van der Waals surface area contributed by atoms with Crippen LogP contribution in [0.2, 0.25) is 0 Å². The summed E-state index contributed by atoms with van der Waals surface area (Å²) in [6.45, 7) is 11.1. The fourth-order valence-electron chi connectivity index (χ4n) is 4.54. The first-order valence-corrected chi connectivity index (χ1v) is 11.0. The standard InChI is InChI=1S/C22H35N5O2/c1-3-23-22(24-13-19-15-25(2)9-11-28-19)27-16-20-21(17-27)29-12-10-26(20)14-18-7-5-4-6-8-18/h4-8,19-21H,3,9-17H2,1-2H3,(H,23,24). The first-order valence-electron chi connectivity index (χ1n) is 11.0. The molecular weight excluding hydrogens is 366 g/mol. The molecule has 0 radical (unpaired) electrons. The van der Waals surface area contributed by atoms with E-state index < -0.39 is 0 Å². The molecule has 0 bridgehead atoms. The molecule has 3 fully saturated rings. The summed E-state index contributed by atoms with van der Waals surface area (Å²) in [5.41, 5.74) is 1.37. The Morgan fingerprint density at radius 3 is 2.72 bits per heavy atom. The maximum atomic E-state index is 6.14. The van der Waals surface area contributed by atoms with E-state index in [1.807, 2.05) is 0 Å². The third kappa shape index (κ3) is 5.28. The molecule has 29 heavy (non-hydrogen) atoms. The molecule has 7 nitrogen and oxygen atoms in total. The molecule has 0 aromatic heterocycles. The molecule has 3 aliphatic rings. The number of rotatable bonds is 5. The van der Waals surface area contributed by atoms with Gasteiger partial charge < -0.3 is 24.6 Å². The summed E-state index contributed by atoms with van der Waals surface area (Å²) >= 11 is 0. The van der Waals surface area contributed by atoms with Crippen LogP contribution in [-0.4, -0.2) is 105 Å². The minimum absolute atomic E-state index is 0.179. The number of benzene rings is 1. The summed E-state index contributed by atoms with van der Waals surface area (Å²) in [6.07, 6.45) is 0.423. The number of nitrogens with zero attached hydrogens (tertiary/aromatic N) is 4. The molecule has 160 valence electrons. The van der Waals surface area contributed by atoms with Gasteiger partial charge in [0.1, 0.15) is 0 Å². The van der Waals surface area contributed by atoms with Crippen molar-refractivity contribution in [1.29, 1.82) is 0 Å². The highest BCUT2D eigenvalue weighted by Gasteiger charge is 2.41. The van der Waals surface area contributed by atoms with E-state index in [4.69, 9.17) is 14.5 Å². The van der Waals surface area contributed by atoms with Crippen molar-refractivity contribution in [3.63, 3.8) is 0 Å². The predicted octanol–water partition coefficient (Wildman–Crippen LogP) is 0.868. The van der Waals surface area contributed by atoms with Crippen molar-refractivity contribution >= 4 is 5.96 Å². The number of nitrogens with one attached hydrogen (secondary N) is 1. The molecule has 4 rings (SSSR count). The Bertz CT molecular complexity index is 670. The van der Waals surface area contributed by atoms with Crippen LogP contribution in [0.4, 0.5) is 0 Å². The van der Waals surface area contributed by atoms with Gasteiger partial charge in [0.05, 0.1) is 38.0 Å². The second-order valence-corrected chi connectivity index (χ2v) is 8.29. The van der Waals surface area contributed by atoms with E-state index in [0.717, 1.165) is 65.0 Å². The quantitative estimate of drug-likeness (QED) is 0.584. The molecule has 0 amide bonds. The van der Waals surface area contributed by atoms with Crippen LogP contribution >= 0.6 is 0 Å². The molecule has 1 N–H and O–H groups in total. The van der Waals surface area contributed by atoms with Gasteiger partial charge in [0.25, 0.3) is 0 Å². The van der Waals surface area contributed by atoms with Crippen molar-refractivity contribution in [2.45, 2.75) is 31.7 Å². The number of hydrogen-bond donors (Lipinski definition) is 1. The molecule has 3 heterocycles. The Balaban J connectivity index is 1.40. The highest BCUT2D eigenvalue weighted by molar-refractivity contribution is 5.80. The maximum Gasteiger partial charge on any atom is 0.194 e. The van der Waals surface area contributed by atoms with E-state index in [0.29, 0.717) is 12.6 Å². The van der Waals surface area contributed by atoms with Crippen LogP contribution in [0.15, 0.2) is 35.3 Å². The molecule has 0 saturated carbocycles. The van der Waals surface area contributed by atoms with Crippen LogP contribution in [0.1, 0.15) is 12.5 Å². The Labute approximate surface area is 174 Å². The van der Waals surface area contributed by atoms with Gasteiger partial charge in [0.2, 0.25) is 0 Å². The summed E-state index contributed by atoms with van der Waals surface area (Å²) in [7, 11) is 2.15. The number of guanidine groups is 1. The van der Waals surface area contributed by atoms with Crippen molar-refractivity contribution in [2.75, 3.05) is 66.1 Å². The summed E-state index contributed by atoms with van der Waals surface area (Å²) in [5, 5.41) is 3.48. The third-order valence-corrected chi connectivity index (χ3v) is 6.07. The molecule has 0 aliphatic carbocycles. The van der Waals surface area contributed by atoms with Crippen LogP contribution in [-0.2, 0) is 16.0 Å². The van der Waals surface area contributed by atoms with E-state index in [2.05, 4.69) is 64.3 Å². The van der Waals surface area contributed by atoms with Gasteiger partial charge in [-0.1, -0.05) is 30.3 Å². The van der Waals surface area contributed by atoms with Crippen molar-refractivity contribution in [3.8, 4) is 0 Å². The predicted molar refractivity (Wildman–Crippen MR) is 115 cm³/mol. The SMILES string of the molecule is CCNC(=NCC1CN(C)CCO1)N1CC2OCCN(Cc3ccccc3)C2C1. The molecule has 3 atom stereocenters. The number of likely N-dealkylation sites (tertiary alicyclic amines) is 1. The topological polar surface area (TPSA) is 52.6 Å². The fourth-order valence-corrected chi connectivity index (χ4v) is 4.54. The van der Waals surface area contributed by atoms with Crippen molar-refractivity contribution < 1.29 is 9.47 Å². The van der Waals surface area contributed by atoms with Gasteiger partial charge in [-0.2, -0.15) is 0 Å². The van der Waals surface area contributed by atoms with Gasteiger partial charge in [-0.25, -0.2) is 0 Å². The van der Waals surface area contributed by atoms with Crippen LogP contribution in [0.25, 0.3) is 0 Å². The smallest absolute Gasteiger partial charge is 0.194 e. The summed E-state index contributed by atoms with van der Waals surface area (Å²) in [4.78, 5) is 12.2. The zero-order valence-electron chi connectivity index (χ0n) is 17.8. The van der Waals surface area contributed by atoms with E-state index >= 15 is 0 Å². The monoisotopic (exact) mass is 401 g/mol. The first kappa shape index (κ1) is 20.6. The molecule has 1 aromatic carbocycles. The Morgan fingerprint density at radius 1 is 1.10 bits per heavy atom. The number of aliphatic imine (C=N–C) groups is 1. The van der Waals surface area contributed by atoms with Crippen molar-refractivity contribution in [2.24, 2.45) is 4.99 Å². The van der Waals surface area contributed by atoms with Gasteiger partial charge in [0.15, 0.2) is 5.96 Å². The Morgan fingerprint density at radius 2 is 1.93 bits per heavy atom. The fraction of sp³-hybridized carbons (Fsp3) is 0.682. The first-order chi connectivity index (χ1) is 14.2. The van der Waals surface area contributed by atoms with E-state index in [9.17, 15) is 0 Å². The average Bonchev–Trinajstić information content (AvgIpc) is 3.17. The minimum atomic E-state index is 0.179. The van der Waals surface area contributed by atoms with Gasteiger partial charge in [-0.05, 0) is 19.5 Å². The Hall–Kier alpha value is -1.67. The Kier molecular flexibility index (Phi) is 7.02. The molecule has 1 aromatic rings. The lowest BCUT2D eigenvalue weighted by molar-refractivity contribution is -0.0502. The van der Waals surface area contributed by atoms with Crippen LogP contribution in [0, 0.1) is 0 Å². The number of fused-ring (bicyclic) bond motifs is 1. The molecule has 7 heteroatoms. The highest BCUT2D eigenvalue weighted by Crippen LogP contribution is 2.24. The zero-order chi connectivity index (χ0) is 20.1. The largest absolute Gasteiger partial charge is 0.374 e. The lowest BCUT2D eigenvalue weighted by Gasteiger charge is -2.36. The van der Waals surface area contributed by atoms with Crippen molar-refractivity contribution in [1.82, 2.24) is 20.0 Å². The minimum Gasteiger partial charge on any atom is -0.374 e. The van der Waals surface area contributed by atoms with Crippen LogP contribution < -0.4 is 5.32 Å². The lowest BCUT2D eigenvalue weighted by Crippen LogP contribution is -2.50. The van der Waals surface area contributed by atoms with Gasteiger partial charge in [0, 0.05) is 45.8 Å². The third-order valence-electron chi connectivity index (χ3n) is 6.07. The maximum absolute atomic E-state index is 6.14. The summed E-state index contributed by atoms with van der Waals surface area (Å²) in [5.74, 6) is 0.988. The van der Waals surface area contributed by atoms with Gasteiger partial charge in [-0.3, -0.25) is 9.89 Å². The number of ether oxygens (including phenoxy) is 2. The van der Waals surface area contributed by atoms with E-state index in [1.165, 1.54) is 5.56 Å². The van der Waals surface area contributed by atoms with Crippen LogP contribution in [0.3, 0.4) is 0 Å². The normalized spacial score (nSPS) is 29.1. The molecule has 3 saturated heterocycles. The summed E-state index contributed by atoms with van der Waals surface area (Å²) in [6, 6.07) is 11.2. The second kappa shape index (κ2) is 9.89. The van der Waals surface area contributed by atoms with Crippen molar-refractivity contribution in [3.05, 3.63) is 35.9 Å². The second-order valence-electron chi connectivity index (χ2n) is 8.29. The number of hydrogen-bond acceptors (Lipinski definition) is 5. The van der Waals surface area contributed by atoms with Gasteiger partial charge >= 0.3 is 0 Å². The molecule has 3 unspecified atom stereocenters. The number of likely N-dealkylation sites (N-methyl/N-ethyl adjacent to an activating group) is 1. The lowest BCUT2D eigenvalue weighted by atomic mass is 10.1. The average molecular weight is 402 g/mol. The van der Waals surface area contributed by atoms with E-state index in [-0.39, 0.29) is 12.2 Å². The summed E-state index contributed by atoms with van der Waals surface area (Å²) < 4.78 is 12.0. The van der Waals surface area contributed by atoms with E-state index in [1.54, 1.807) is 0 Å².